The molecule has 2 aliphatic rings. The van der Waals surface area contributed by atoms with E-state index in [1.807, 2.05) is 66.7 Å². The van der Waals surface area contributed by atoms with Crippen molar-refractivity contribution in [2.24, 2.45) is 0 Å². The van der Waals surface area contributed by atoms with Gasteiger partial charge in [-0.1, -0.05) is 127 Å². The summed E-state index contributed by atoms with van der Waals surface area (Å²) in [5, 5.41) is 5.56. The van der Waals surface area contributed by atoms with Crippen molar-refractivity contribution in [1.29, 1.82) is 0 Å². The molecule has 11 aromatic rings. The number of nitrogens with zero attached hydrogens (tertiary/aromatic N) is 3. The molecule has 0 amide bonds. The molecule has 0 N–H and O–H groups in total. The van der Waals surface area contributed by atoms with E-state index in [1.165, 1.54) is 5.39 Å². The number of anilines is 6. The van der Waals surface area contributed by atoms with E-state index in [0.29, 0.717) is 5.69 Å². The Bertz CT molecular complexity index is 3850. The predicted molar refractivity (Wildman–Crippen MR) is 240 cm³/mol. The lowest BCUT2D eigenvalue weighted by molar-refractivity contribution is 0.651. The Morgan fingerprint density at radius 3 is 1.89 bits per heavy atom. The lowest BCUT2D eigenvalue weighted by Crippen LogP contribution is -2.61. The van der Waals surface area contributed by atoms with Gasteiger partial charge in [0.15, 0.2) is 0 Å². The van der Waals surface area contributed by atoms with E-state index < -0.39 is 30.9 Å². The van der Waals surface area contributed by atoms with Crippen molar-refractivity contribution in [1.82, 2.24) is 4.57 Å². The Balaban J connectivity index is 1.15. The van der Waals surface area contributed by atoms with E-state index in [0.717, 1.165) is 77.8 Å². The Labute approximate surface area is 340 Å². The standard InChI is InChI=1S/C52H32BN3O/c1-2-16-34(17-3-1)54-45-26-14-27-46-50(45)53(42-30-29-35(32-48(42)54)55-43-24-11-8-21-39(43)40-22-9-12-25-44(40)55)52-51(41-23-10-13-28-49(41)57-52)56(46)47-31-33-15-4-5-18-36(33)37-19-6-7-20-38(37)47/h1-32H/i8D,9D,11D,12D,21D,22D,24D,25D. The zero-order chi connectivity index (χ0) is 44.2. The zero-order valence-electron chi connectivity index (χ0n) is 38.2. The van der Waals surface area contributed by atoms with E-state index >= 15 is 0 Å². The second-order valence-electron chi connectivity index (χ2n) is 14.6. The maximum atomic E-state index is 9.21. The summed E-state index contributed by atoms with van der Waals surface area (Å²) >= 11 is 0. The van der Waals surface area contributed by atoms with Crippen molar-refractivity contribution in [3.05, 3.63) is 194 Å². The van der Waals surface area contributed by atoms with Crippen molar-refractivity contribution in [2.75, 3.05) is 9.80 Å². The van der Waals surface area contributed by atoms with Crippen molar-refractivity contribution >= 4 is 112 Å². The summed E-state index contributed by atoms with van der Waals surface area (Å²) in [6.07, 6.45) is 0. The average Bonchev–Trinajstić information content (AvgIpc) is 3.91. The minimum Gasteiger partial charge on any atom is -0.468 e. The SMILES string of the molecule is [2H]c1c([2H])c([2H])c2c(c1[2H])c1c([2H])c([2H])c([2H])c([2H])c1n2-c1ccc2c(c1)N(c1ccccc1)c1cccc3c1B2c1oc2ccccc2c1N3c1cc2ccccc2c2ccccc12. The first-order valence-corrected chi connectivity index (χ1v) is 19.0. The molecule has 264 valence electrons. The number of fused-ring (bicyclic) bond motifs is 12. The van der Waals surface area contributed by atoms with Gasteiger partial charge < -0.3 is 18.8 Å². The van der Waals surface area contributed by atoms with Crippen LogP contribution in [0.4, 0.5) is 34.1 Å². The summed E-state index contributed by atoms with van der Waals surface area (Å²) in [5.74, 6) is 0. The number of para-hydroxylation sites is 4. The molecule has 13 rings (SSSR count). The van der Waals surface area contributed by atoms with Crippen LogP contribution in [-0.2, 0) is 0 Å². The highest BCUT2D eigenvalue weighted by molar-refractivity contribution is 7.00. The van der Waals surface area contributed by atoms with E-state index in [1.54, 1.807) is 4.57 Å². The van der Waals surface area contributed by atoms with E-state index in [2.05, 4.69) is 88.7 Å². The highest BCUT2D eigenvalue weighted by Crippen LogP contribution is 2.49. The van der Waals surface area contributed by atoms with E-state index in [4.69, 9.17) is 12.6 Å². The number of aromatic nitrogens is 1. The molecule has 2 aliphatic heterocycles. The Morgan fingerprint density at radius 2 is 1.11 bits per heavy atom. The van der Waals surface area contributed by atoms with Crippen LogP contribution in [-0.4, -0.2) is 11.3 Å². The van der Waals surface area contributed by atoms with Crippen LogP contribution in [0, 0.1) is 0 Å². The minimum absolute atomic E-state index is 0.0335. The van der Waals surface area contributed by atoms with Gasteiger partial charge in [0.05, 0.1) is 39.0 Å². The van der Waals surface area contributed by atoms with Crippen LogP contribution in [0.2, 0.25) is 0 Å². The summed E-state index contributed by atoms with van der Waals surface area (Å²) in [4.78, 5) is 4.57. The Hall–Kier alpha value is -7.50. The van der Waals surface area contributed by atoms with Gasteiger partial charge in [-0.2, -0.15) is 0 Å². The van der Waals surface area contributed by atoms with Crippen LogP contribution >= 0.6 is 0 Å². The zero-order valence-corrected chi connectivity index (χ0v) is 30.2. The lowest BCUT2D eigenvalue weighted by atomic mass is 9.35. The van der Waals surface area contributed by atoms with Crippen LogP contribution in [0.25, 0.3) is 60.0 Å². The molecule has 0 saturated carbocycles. The topological polar surface area (TPSA) is 24.6 Å². The third kappa shape index (κ3) is 4.18. The van der Waals surface area contributed by atoms with Crippen LogP contribution in [0.15, 0.2) is 198 Å². The summed E-state index contributed by atoms with van der Waals surface area (Å²) < 4.78 is 79.8. The van der Waals surface area contributed by atoms with Crippen LogP contribution < -0.4 is 26.4 Å². The molecule has 2 aromatic heterocycles. The number of rotatable bonds is 3. The summed E-state index contributed by atoms with van der Waals surface area (Å²) in [7, 11) is 0. The average molecular weight is 734 g/mol. The molecule has 4 heterocycles. The fourth-order valence-electron chi connectivity index (χ4n) is 9.49. The van der Waals surface area contributed by atoms with Gasteiger partial charge in [0.1, 0.15) is 5.58 Å². The van der Waals surface area contributed by atoms with Crippen molar-refractivity contribution in [3.8, 4) is 5.69 Å². The number of furan rings is 1. The highest BCUT2D eigenvalue weighted by atomic mass is 16.3. The monoisotopic (exact) mass is 733 g/mol. The van der Waals surface area contributed by atoms with Gasteiger partial charge >= 0.3 is 0 Å². The molecule has 0 saturated heterocycles. The normalized spacial score (nSPS) is 15.1. The first-order chi connectivity index (χ1) is 31.6. The number of hydrogen-bond acceptors (Lipinski definition) is 3. The van der Waals surface area contributed by atoms with Gasteiger partial charge in [-0.15, -0.1) is 0 Å². The Morgan fingerprint density at radius 1 is 0.456 bits per heavy atom. The molecule has 0 atom stereocenters. The lowest BCUT2D eigenvalue weighted by Gasteiger charge is -2.42. The van der Waals surface area contributed by atoms with E-state index in [-0.39, 0.29) is 46.0 Å². The van der Waals surface area contributed by atoms with Crippen molar-refractivity contribution < 1.29 is 15.4 Å². The van der Waals surface area contributed by atoms with Crippen molar-refractivity contribution in [2.45, 2.75) is 0 Å². The van der Waals surface area contributed by atoms with Gasteiger partial charge in [0, 0.05) is 50.0 Å². The molecule has 0 unspecified atom stereocenters. The fraction of sp³-hybridized carbons (Fsp3) is 0. The minimum atomic E-state index is -0.480. The maximum absolute atomic E-state index is 9.21. The molecule has 0 spiro atoms. The summed E-state index contributed by atoms with van der Waals surface area (Å²) in [6, 6.07) is 46.4. The molecule has 0 bridgehead atoms. The molecule has 57 heavy (non-hydrogen) atoms. The number of hydrogen-bond donors (Lipinski definition) is 0. The molecular weight excluding hydrogens is 693 g/mol. The second-order valence-corrected chi connectivity index (χ2v) is 14.6. The molecular formula is C52H32BN3O. The number of benzene rings is 9. The third-order valence-corrected chi connectivity index (χ3v) is 11.8. The van der Waals surface area contributed by atoms with E-state index in [9.17, 15) is 2.74 Å². The van der Waals surface area contributed by atoms with Gasteiger partial charge in [-0.05, 0) is 93.8 Å². The first-order valence-electron chi connectivity index (χ1n) is 23.0. The van der Waals surface area contributed by atoms with Gasteiger partial charge in [0.25, 0.3) is 6.71 Å². The van der Waals surface area contributed by atoms with Crippen molar-refractivity contribution in [3.63, 3.8) is 0 Å². The van der Waals surface area contributed by atoms with Gasteiger partial charge in [0.2, 0.25) is 0 Å². The highest BCUT2D eigenvalue weighted by Gasteiger charge is 2.46. The third-order valence-electron chi connectivity index (χ3n) is 11.8. The van der Waals surface area contributed by atoms with Crippen LogP contribution in [0.3, 0.4) is 0 Å². The van der Waals surface area contributed by atoms with Crippen LogP contribution in [0.5, 0.6) is 0 Å². The van der Waals surface area contributed by atoms with Gasteiger partial charge in [-0.25, -0.2) is 0 Å². The molecule has 9 aromatic carbocycles. The Kier molecular flexibility index (Phi) is 4.87. The molecule has 0 radical (unpaired) electrons. The first kappa shape index (κ1) is 24.1. The van der Waals surface area contributed by atoms with Crippen LogP contribution in [0.1, 0.15) is 11.0 Å². The van der Waals surface area contributed by atoms with Gasteiger partial charge in [-0.3, -0.25) is 0 Å². The summed E-state index contributed by atoms with van der Waals surface area (Å²) in [6.45, 7) is -0.400. The smallest absolute Gasteiger partial charge is 0.297 e. The molecule has 4 nitrogen and oxygen atoms in total. The quantitative estimate of drug-likeness (QED) is 0.133. The molecule has 0 fully saturated rings. The summed E-state index contributed by atoms with van der Waals surface area (Å²) in [5.41, 5.74) is 9.60. The predicted octanol–water partition coefficient (Wildman–Crippen LogP) is 11.9. The second kappa shape index (κ2) is 11.5. The maximum Gasteiger partial charge on any atom is 0.297 e. The molecule has 0 aliphatic carbocycles. The largest absolute Gasteiger partial charge is 0.468 e. The fourth-order valence-corrected chi connectivity index (χ4v) is 9.49. The molecule has 5 heteroatoms.